The summed E-state index contributed by atoms with van der Waals surface area (Å²) in [7, 11) is 0. The van der Waals surface area contributed by atoms with E-state index in [-0.39, 0.29) is 0 Å². The Balaban J connectivity index is 1.96. The second-order valence-electron chi connectivity index (χ2n) is 3.70. The average molecular weight is 177 g/mol. The van der Waals surface area contributed by atoms with Crippen LogP contribution >= 0.6 is 0 Å². The molecule has 3 rings (SSSR count). The van der Waals surface area contributed by atoms with Gasteiger partial charge in [-0.05, 0) is 6.08 Å². The summed E-state index contributed by atoms with van der Waals surface area (Å²) in [5, 5.41) is 8.36. The summed E-state index contributed by atoms with van der Waals surface area (Å²) < 4.78 is 5.28. The summed E-state index contributed by atoms with van der Waals surface area (Å²) in [5.74, 6) is 0.888. The van der Waals surface area contributed by atoms with Gasteiger partial charge in [0.05, 0.1) is 31.4 Å². The Labute approximate surface area is 76.4 Å². The van der Waals surface area contributed by atoms with Crippen molar-refractivity contribution in [3.8, 4) is 0 Å². The molecular weight excluding hydrogens is 166 g/mol. The van der Waals surface area contributed by atoms with Crippen molar-refractivity contribution in [3.63, 3.8) is 0 Å². The number of fused-ring (bicyclic) bond motifs is 3. The third-order valence-electron chi connectivity index (χ3n) is 2.93. The van der Waals surface area contributed by atoms with Crippen LogP contribution in [0.15, 0.2) is 27.6 Å². The number of hydrogen-bond acceptors (Lipinski definition) is 4. The van der Waals surface area contributed by atoms with Gasteiger partial charge in [-0.15, -0.1) is 0 Å². The molecular formula is C9H11N3O. The maximum Gasteiger partial charge on any atom is 0.0978 e. The zero-order valence-electron chi connectivity index (χ0n) is 7.26. The Morgan fingerprint density at radius 2 is 2.38 bits per heavy atom. The molecule has 0 radical (unpaired) electrons. The van der Waals surface area contributed by atoms with Gasteiger partial charge in [-0.1, -0.05) is 0 Å². The first kappa shape index (κ1) is 7.24. The molecule has 0 bridgehead atoms. The molecule has 0 aromatic carbocycles. The van der Waals surface area contributed by atoms with Crippen LogP contribution in [0.5, 0.6) is 0 Å². The van der Waals surface area contributed by atoms with E-state index in [1.807, 2.05) is 6.08 Å². The summed E-state index contributed by atoms with van der Waals surface area (Å²) in [6, 6.07) is 0.331. The Hall–Kier alpha value is -1.19. The van der Waals surface area contributed by atoms with Crippen molar-refractivity contribution in [1.29, 1.82) is 0 Å². The van der Waals surface area contributed by atoms with Crippen molar-refractivity contribution in [2.75, 3.05) is 19.7 Å². The largest absolute Gasteiger partial charge is 0.500 e. The molecule has 3 aliphatic heterocycles. The third kappa shape index (κ3) is 1.01. The van der Waals surface area contributed by atoms with E-state index in [1.54, 1.807) is 6.26 Å². The van der Waals surface area contributed by atoms with Crippen LogP contribution in [0.25, 0.3) is 0 Å². The van der Waals surface area contributed by atoms with Crippen molar-refractivity contribution in [2.24, 2.45) is 27.1 Å². The van der Waals surface area contributed by atoms with E-state index >= 15 is 0 Å². The Kier molecular flexibility index (Phi) is 1.48. The maximum absolute atomic E-state index is 5.28. The van der Waals surface area contributed by atoms with Gasteiger partial charge in [-0.25, -0.2) is 0 Å². The first-order valence-electron chi connectivity index (χ1n) is 4.64. The average Bonchev–Trinajstić information content (AvgIpc) is 2.65. The van der Waals surface area contributed by atoms with E-state index < -0.39 is 0 Å². The van der Waals surface area contributed by atoms with Crippen molar-refractivity contribution >= 4 is 5.71 Å². The van der Waals surface area contributed by atoms with E-state index in [0.717, 1.165) is 25.4 Å². The number of ether oxygens (including phenoxy) is 1. The minimum absolute atomic E-state index is 0.331. The molecule has 3 unspecified atom stereocenters. The van der Waals surface area contributed by atoms with Crippen LogP contribution in [0.1, 0.15) is 0 Å². The summed E-state index contributed by atoms with van der Waals surface area (Å²) in [6.07, 6.45) is 3.68. The summed E-state index contributed by atoms with van der Waals surface area (Å²) >= 11 is 0. The van der Waals surface area contributed by atoms with E-state index in [4.69, 9.17) is 4.74 Å². The standard InChI is InChI=1S/C9H11N3O/c1-2-13-5-7-8(1)10-3-6-4-11-12-9(6)7/h1-2,6-7,9H,3-5H2. The summed E-state index contributed by atoms with van der Waals surface area (Å²) in [4.78, 5) is 4.52. The lowest BCUT2D eigenvalue weighted by Crippen LogP contribution is -2.40. The smallest absolute Gasteiger partial charge is 0.0978 e. The highest BCUT2D eigenvalue weighted by Crippen LogP contribution is 2.31. The first-order chi connectivity index (χ1) is 6.45. The van der Waals surface area contributed by atoms with Crippen molar-refractivity contribution < 1.29 is 4.74 Å². The van der Waals surface area contributed by atoms with Gasteiger partial charge in [-0.3, -0.25) is 4.99 Å². The zero-order valence-corrected chi connectivity index (χ0v) is 7.26. The Morgan fingerprint density at radius 3 is 3.38 bits per heavy atom. The lowest BCUT2D eigenvalue weighted by molar-refractivity contribution is 0.187. The predicted molar refractivity (Wildman–Crippen MR) is 47.9 cm³/mol. The summed E-state index contributed by atoms with van der Waals surface area (Å²) in [6.45, 7) is 2.45. The van der Waals surface area contributed by atoms with Gasteiger partial charge in [0.1, 0.15) is 0 Å². The third-order valence-corrected chi connectivity index (χ3v) is 2.93. The molecule has 3 heterocycles. The van der Waals surface area contributed by atoms with Crippen molar-refractivity contribution in [1.82, 2.24) is 0 Å². The van der Waals surface area contributed by atoms with E-state index in [9.17, 15) is 0 Å². The van der Waals surface area contributed by atoms with Gasteiger partial charge in [0.2, 0.25) is 0 Å². The van der Waals surface area contributed by atoms with Crippen LogP contribution in [-0.2, 0) is 4.74 Å². The van der Waals surface area contributed by atoms with Gasteiger partial charge in [0.25, 0.3) is 0 Å². The maximum atomic E-state index is 5.28. The van der Waals surface area contributed by atoms with Crippen molar-refractivity contribution in [3.05, 3.63) is 12.3 Å². The lowest BCUT2D eigenvalue weighted by atomic mass is 9.83. The molecule has 0 fully saturated rings. The van der Waals surface area contributed by atoms with Crippen LogP contribution < -0.4 is 0 Å². The van der Waals surface area contributed by atoms with Crippen LogP contribution in [0.2, 0.25) is 0 Å². The highest BCUT2D eigenvalue weighted by atomic mass is 16.5. The number of aliphatic imine (C=N–C) groups is 1. The van der Waals surface area contributed by atoms with Crippen LogP contribution in [0.3, 0.4) is 0 Å². The monoisotopic (exact) mass is 177 g/mol. The number of hydrogen-bond donors (Lipinski definition) is 0. The molecule has 4 heteroatoms. The molecule has 0 saturated carbocycles. The highest BCUT2D eigenvalue weighted by molar-refractivity contribution is 5.98. The van der Waals surface area contributed by atoms with Gasteiger partial charge in [0.15, 0.2) is 0 Å². The van der Waals surface area contributed by atoms with Gasteiger partial charge < -0.3 is 4.74 Å². The second-order valence-corrected chi connectivity index (χ2v) is 3.70. The predicted octanol–water partition coefficient (Wildman–Crippen LogP) is 1.05. The van der Waals surface area contributed by atoms with Gasteiger partial charge in [-0.2, -0.15) is 10.2 Å². The fraction of sp³-hybridized carbons (Fsp3) is 0.667. The van der Waals surface area contributed by atoms with Crippen LogP contribution in [-0.4, -0.2) is 31.4 Å². The number of nitrogens with zero attached hydrogens (tertiary/aromatic N) is 3. The molecule has 0 saturated heterocycles. The first-order valence-corrected chi connectivity index (χ1v) is 4.64. The molecule has 68 valence electrons. The summed E-state index contributed by atoms with van der Waals surface area (Å²) in [5.41, 5.74) is 1.15. The molecule has 3 aliphatic rings. The number of allylic oxidation sites excluding steroid dienone is 1. The molecule has 0 aliphatic carbocycles. The molecule has 0 aromatic heterocycles. The highest BCUT2D eigenvalue weighted by Gasteiger charge is 2.39. The number of rotatable bonds is 0. The Bertz CT molecular complexity index is 308. The van der Waals surface area contributed by atoms with Gasteiger partial charge in [0, 0.05) is 18.2 Å². The minimum atomic E-state index is 0.331. The lowest BCUT2D eigenvalue weighted by Gasteiger charge is -2.31. The molecule has 0 aromatic rings. The van der Waals surface area contributed by atoms with E-state index in [0.29, 0.717) is 17.9 Å². The van der Waals surface area contributed by atoms with Crippen LogP contribution in [0, 0.1) is 11.8 Å². The normalized spacial score (nSPS) is 40.6. The molecule has 0 N–H and O–H groups in total. The zero-order chi connectivity index (χ0) is 8.67. The second kappa shape index (κ2) is 2.65. The topological polar surface area (TPSA) is 46.3 Å². The molecule has 4 nitrogen and oxygen atoms in total. The fourth-order valence-electron chi connectivity index (χ4n) is 2.18. The molecule has 3 atom stereocenters. The van der Waals surface area contributed by atoms with E-state index in [1.165, 1.54) is 0 Å². The number of azo groups is 1. The molecule has 0 amide bonds. The van der Waals surface area contributed by atoms with Gasteiger partial charge >= 0.3 is 0 Å². The minimum Gasteiger partial charge on any atom is -0.500 e. The van der Waals surface area contributed by atoms with E-state index in [2.05, 4.69) is 15.2 Å². The van der Waals surface area contributed by atoms with Crippen molar-refractivity contribution in [2.45, 2.75) is 6.04 Å². The quantitative estimate of drug-likeness (QED) is 0.545. The Morgan fingerprint density at radius 1 is 1.38 bits per heavy atom. The molecule has 13 heavy (non-hydrogen) atoms. The van der Waals surface area contributed by atoms with Crippen LogP contribution in [0.4, 0.5) is 0 Å². The SMILES string of the molecule is C1=CC2=NCC3CN=NC3C2CO1. The fourth-order valence-corrected chi connectivity index (χ4v) is 2.18. The molecule has 0 spiro atoms.